The van der Waals surface area contributed by atoms with Crippen LogP contribution >= 0.6 is 0 Å². The third kappa shape index (κ3) is 1.53. The molecule has 0 unspecified atom stereocenters. The van der Waals surface area contributed by atoms with Crippen molar-refractivity contribution in [3.05, 3.63) is 0 Å². The van der Waals surface area contributed by atoms with Crippen molar-refractivity contribution in [3.8, 4) is 0 Å². The Hall–Kier alpha value is -1.50. The lowest BCUT2D eigenvalue weighted by atomic mass is 9.53. The number of aromatic nitrogens is 4. The SMILES string of the molecule is OC12CC3C[C@H](C1)C(=NNc1nn[nH]n1)[C@H](C3)C2. The summed E-state index contributed by atoms with van der Waals surface area (Å²) in [6, 6.07) is 0. The number of hydrogen-bond donors (Lipinski definition) is 3. The van der Waals surface area contributed by atoms with Crippen LogP contribution in [0.15, 0.2) is 5.10 Å². The number of rotatable bonds is 2. The molecule has 4 aliphatic carbocycles. The molecule has 4 fully saturated rings. The average molecular weight is 248 g/mol. The molecule has 1 heterocycles. The molecule has 4 bridgehead atoms. The van der Waals surface area contributed by atoms with Crippen LogP contribution in [0, 0.1) is 17.8 Å². The maximum absolute atomic E-state index is 10.5. The van der Waals surface area contributed by atoms with E-state index in [0.717, 1.165) is 19.3 Å². The first kappa shape index (κ1) is 10.4. The minimum absolute atomic E-state index is 0.398. The molecule has 7 heteroatoms. The number of aliphatic hydroxyl groups is 1. The van der Waals surface area contributed by atoms with Gasteiger partial charge in [-0.3, -0.25) is 0 Å². The van der Waals surface area contributed by atoms with Crippen LogP contribution in [0.2, 0.25) is 0 Å². The Bertz CT molecular complexity index is 466. The van der Waals surface area contributed by atoms with E-state index in [4.69, 9.17) is 0 Å². The van der Waals surface area contributed by atoms with E-state index in [2.05, 4.69) is 31.2 Å². The van der Waals surface area contributed by atoms with Crippen LogP contribution in [-0.2, 0) is 0 Å². The van der Waals surface area contributed by atoms with Crippen LogP contribution in [-0.4, -0.2) is 37.0 Å². The molecular formula is C11H16N6O. The summed E-state index contributed by atoms with van der Waals surface area (Å²) < 4.78 is 0. The van der Waals surface area contributed by atoms with Crippen LogP contribution < -0.4 is 5.43 Å². The molecule has 1 aromatic heterocycles. The lowest BCUT2D eigenvalue weighted by molar-refractivity contribution is -0.0824. The molecular weight excluding hydrogens is 232 g/mol. The number of H-pyrrole nitrogens is 1. The lowest BCUT2D eigenvalue weighted by Crippen LogP contribution is -2.55. The Morgan fingerprint density at radius 3 is 2.67 bits per heavy atom. The minimum Gasteiger partial charge on any atom is -0.390 e. The topological polar surface area (TPSA) is 99.1 Å². The predicted octanol–water partition coefficient (Wildman–Crippen LogP) is 0.539. The molecule has 0 spiro atoms. The van der Waals surface area contributed by atoms with E-state index in [1.165, 1.54) is 18.6 Å². The fourth-order valence-electron chi connectivity index (χ4n) is 4.23. The van der Waals surface area contributed by atoms with E-state index in [0.29, 0.717) is 23.7 Å². The van der Waals surface area contributed by atoms with E-state index >= 15 is 0 Å². The smallest absolute Gasteiger partial charge is 0.283 e. The molecule has 7 nitrogen and oxygen atoms in total. The van der Waals surface area contributed by atoms with Crippen molar-refractivity contribution in [2.75, 3.05) is 5.43 Å². The van der Waals surface area contributed by atoms with E-state index in [1.54, 1.807) is 0 Å². The first-order valence-electron chi connectivity index (χ1n) is 6.51. The van der Waals surface area contributed by atoms with E-state index in [9.17, 15) is 5.11 Å². The number of hydrogen-bond acceptors (Lipinski definition) is 6. The normalized spacial score (nSPS) is 41.2. The standard InChI is InChI=1S/C11H16N6O/c18-11-3-6-1-7(4-11)9(8(2-6)5-11)12-13-10-14-16-17-15-10/h6-8,18H,1-5H2,(H2,13,14,15,16,17)/t6?,7-,8-,11?/m1/s1. The Balaban J connectivity index is 1.58. The summed E-state index contributed by atoms with van der Waals surface area (Å²) >= 11 is 0. The summed E-state index contributed by atoms with van der Waals surface area (Å²) in [5.41, 5.74) is 3.64. The number of hydrazone groups is 1. The molecule has 0 amide bonds. The van der Waals surface area contributed by atoms with E-state index in [1.807, 2.05) is 0 Å². The van der Waals surface area contributed by atoms with Crippen molar-refractivity contribution in [3.63, 3.8) is 0 Å². The molecule has 18 heavy (non-hydrogen) atoms. The third-order valence-electron chi connectivity index (χ3n) is 4.62. The van der Waals surface area contributed by atoms with Gasteiger partial charge >= 0.3 is 0 Å². The second-order valence-electron chi connectivity index (χ2n) is 5.95. The summed E-state index contributed by atoms with van der Waals surface area (Å²) in [5, 5.41) is 28.4. The van der Waals surface area contributed by atoms with Crippen molar-refractivity contribution in [2.45, 2.75) is 37.7 Å². The van der Waals surface area contributed by atoms with Crippen LogP contribution in [0.5, 0.6) is 0 Å². The highest BCUT2D eigenvalue weighted by molar-refractivity contribution is 5.91. The number of nitrogens with zero attached hydrogens (tertiary/aromatic N) is 4. The highest BCUT2D eigenvalue weighted by Gasteiger charge is 2.53. The molecule has 2 atom stereocenters. The second-order valence-corrected chi connectivity index (χ2v) is 5.95. The number of tetrazole rings is 1. The van der Waals surface area contributed by atoms with Gasteiger partial charge in [0.25, 0.3) is 5.95 Å². The van der Waals surface area contributed by atoms with E-state index in [-0.39, 0.29) is 0 Å². The lowest BCUT2D eigenvalue weighted by Gasteiger charge is -2.54. The molecule has 3 N–H and O–H groups in total. The molecule has 96 valence electrons. The molecule has 5 rings (SSSR count). The van der Waals surface area contributed by atoms with Crippen LogP contribution in [0.1, 0.15) is 32.1 Å². The van der Waals surface area contributed by atoms with Crippen LogP contribution in [0.4, 0.5) is 5.95 Å². The Morgan fingerprint density at radius 1 is 1.28 bits per heavy atom. The van der Waals surface area contributed by atoms with Crippen LogP contribution in [0.3, 0.4) is 0 Å². The zero-order chi connectivity index (χ0) is 12.2. The third-order valence-corrected chi connectivity index (χ3v) is 4.62. The maximum Gasteiger partial charge on any atom is 0.283 e. The van der Waals surface area contributed by atoms with Gasteiger partial charge < -0.3 is 5.11 Å². The van der Waals surface area contributed by atoms with Gasteiger partial charge in [-0.1, -0.05) is 5.10 Å². The summed E-state index contributed by atoms with van der Waals surface area (Å²) in [7, 11) is 0. The Kier molecular flexibility index (Phi) is 2.03. The van der Waals surface area contributed by atoms with Gasteiger partial charge in [0, 0.05) is 17.5 Å². The molecule has 0 aliphatic heterocycles. The molecule has 4 saturated carbocycles. The van der Waals surface area contributed by atoms with Crippen molar-refractivity contribution in [2.24, 2.45) is 22.9 Å². The number of anilines is 1. The van der Waals surface area contributed by atoms with Crippen molar-refractivity contribution >= 4 is 11.7 Å². The van der Waals surface area contributed by atoms with Crippen molar-refractivity contribution < 1.29 is 5.11 Å². The number of aromatic amines is 1. The average Bonchev–Trinajstić information content (AvgIpc) is 2.78. The summed E-state index contributed by atoms with van der Waals surface area (Å²) in [6.45, 7) is 0. The highest BCUT2D eigenvalue weighted by atomic mass is 16.3. The largest absolute Gasteiger partial charge is 0.390 e. The first-order chi connectivity index (χ1) is 8.72. The fraction of sp³-hybridized carbons (Fsp3) is 0.818. The maximum atomic E-state index is 10.5. The van der Waals surface area contributed by atoms with Gasteiger partial charge in [-0.05, 0) is 43.2 Å². The van der Waals surface area contributed by atoms with E-state index < -0.39 is 5.60 Å². The quantitative estimate of drug-likeness (QED) is 0.663. The van der Waals surface area contributed by atoms with Gasteiger partial charge in [0.2, 0.25) is 0 Å². The highest BCUT2D eigenvalue weighted by Crippen LogP contribution is 2.54. The summed E-state index contributed by atoms with van der Waals surface area (Å²) in [6.07, 6.45) is 5.07. The van der Waals surface area contributed by atoms with Gasteiger partial charge in [0.15, 0.2) is 0 Å². The summed E-state index contributed by atoms with van der Waals surface area (Å²) in [4.78, 5) is 0. The van der Waals surface area contributed by atoms with Gasteiger partial charge in [-0.15, -0.1) is 5.10 Å². The second kappa shape index (κ2) is 3.50. The molecule has 1 aromatic rings. The van der Waals surface area contributed by atoms with Gasteiger partial charge in [0.05, 0.1) is 5.60 Å². The predicted molar refractivity (Wildman–Crippen MR) is 63.7 cm³/mol. The monoisotopic (exact) mass is 248 g/mol. The molecule has 0 radical (unpaired) electrons. The van der Waals surface area contributed by atoms with Gasteiger partial charge in [-0.25, -0.2) is 5.43 Å². The first-order valence-corrected chi connectivity index (χ1v) is 6.51. The van der Waals surface area contributed by atoms with Crippen molar-refractivity contribution in [1.29, 1.82) is 0 Å². The molecule has 0 aromatic carbocycles. The van der Waals surface area contributed by atoms with Crippen molar-refractivity contribution in [1.82, 2.24) is 20.6 Å². The van der Waals surface area contributed by atoms with Crippen LogP contribution in [0.25, 0.3) is 0 Å². The summed E-state index contributed by atoms with van der Waals surface area (Å²) in [5.74, 6) is 1.95. The number of nitrogens with one attached hydrogen (secondary N) is 2. The Morgan fingerprint density at radius 2 is 2.06 bits per heavy atom. The fourth-order valence-corrected chi connectivity index (χ4v) is 4.23. The zero-order valence-electron chi connectivity index (χ0n) is 10.0. The zero-order valence-corrected chi connectivity index (χ0v) is 10.0. The molecule has 0 saturated heterocycles. The Labute approximate surface area is 104 Å². The molecule has 4 aliphatic rings. The minimum atomic E-state index is -0.415. The van der Waals surface area contributed by atoms with Gasteiger partial charge in [-0.2, -0.15) is 10.3 Å². The van der Waals surface area contributed by atoms with Gasteiger partial charge in [0.1, 0.15) is 0 Å².